The summed E-state index contributed by atoms with van der Waals surface area (Å²) in [7, 11) is -4.84. The van der Waals surface area contributed by atoms with Crippen LogP contribution in [-0.4, -0.2) is 63.3 Å². The molecule has 0 aliphatic carbocycles. The van der Waals surface area contributed by atoms with Gasteiger partial charge in [0.2, 0.25) is 0 Å². The molecule has 1 rings (SSSR count). The van der Waals surface area contributed by atoms with Gasteiger partial charge in [0.25, 0.3) is 0 Å². The summed E-state index contributed by atoms with van der Waals surface area (Å²) in [4.78, 5) is 24.3. The summed E-state index contributed by atoms with van der Waals surface area (Å²) >= 11 is 0. The number of nitrogens with zero attached hydrogens (tertiary/aromatic N) is 1. The van der Waals surface area contributed by atoms with Crippen molar-refractivity contribution in [2.24, 2.45) is 10.9 Å². The van der Waals surface area contributed by atoms with E-state index in [-0.39, 0.29) is 75.1 Å². The van der Waals surface area contributed by atoms with Gasteiger partial charge in [-0.25, -0.2) is 0 Å². The van der Waals surface area contributed by atoms with Gasteiger partial charge in [0.05, 0.1) is 21.0 Å². The van der Waals surface area contributed by atoms with E-state index >= 15 is 0 Å². The van der Waals surface area contributed by atoms with E-state index in [0.29, 0.717) is 12.4 Å². The number of hydrogen-bond donors (Lipinski definition) is 1. The van der Waals surface area contributed by atoms with Gasteiger partial charge in [0.1, 0.15) is 5.84 Å². The standard InChI is InChI=1S/C6H13N2O4P.Ca.2ClH/c1-5(4-12-13(9,10)11)6-7-2-3-8-6;;;/h5H,2-4H2,1H3,(H,7,8)(H2,9,10,11);;2*1H/q;+2;;/p-2. The minimum Gasteiger partial charge on any atom is -0.790 e. The van der Waals surface area contributed by atoms with Crippen LogP contribution in [0.5, 0.6) is 0 Å². The van der Waals surface area contributed by atoms with Crippen molar-refractivity contribution in [3.05, 3.63) is 0 Å². The Hall–Kier alpha value is 1.42. The quantitative estimate of drug-likeness (QED) is 0.526. The summed E-state index contributed by atoms with van der Waals surface area (Å²) in [6, 6.07) is 0. The number of rotatable bonds is 4. The van der Waals surface area contributed by atoms with Gasteiger partial charge in [-0.1, -0.05) is 6.92 Å². The zero-order chi connectivity index (χ0) is 9.90. The Morgan fingerprint density at radius 3 is 2.50 bits per heavy atom. The van der Waals surface area contributed by atoms with Gasteiger partial charge in [0, 0.05) is 12.5 Å². The van der Waals surface area contributed by atoms with Crippen LogP contribution < -0.4 is 15.1 Å². The zero-order valence-electron chi connectivity index (χ0n) is 8.75. The van der Waals surface area contributed by atoms with Gasteiger partial charge in [-0.2, -0.15) is 0 Å². The predicted molar refractivity (Wildman–Crippen MR) is 63.3 cm³/mol. The van der Waals surface area contributed by atoms with Crippen LogP contribution in [0.2, 0.25) is 0 Å². The molecule has 92 valence electrons. The second-order valence-corrected chi connectivity index (χ2v) is 3.99. The maximum atomic E-state index is 10.1. The fourth-order valence-corrected chi connectivity index (χ4v) is 1.43. The van der Waals surface area contributed by atoms with E-state index in [4.69, 9.17) is 0 Å². The van der Waals surface area contributed by atoms with E-state index in [9.17, 15) is 14.4 Å². The Morgan fingerprint density at radius 2 is 2.12 bits per heavy atom. The molecular weight excluding hydrogens is 306 g/mol. The van der Waals surface area contributed by atoms with Crippen molar-refractivity contribution in [1.29, 1.82) is 0 Å². The molecule has 0 aromatic rings. The maximum absolute atomic E-state index is 10.1. The Balaban J connectivity index is -0.000000563. The molecule has 0 saturated carbocycles. The number of hydrogen-bond acceptors (Lipinski definition) is 6. The Bertz CT molecular complexity index is 263. The molecule has 6 nitrogen and oxygen atoms in total. The first kappa shape index (κ1) is 22.6. The molecule has 1 aliphatic heterocycles. The second kappa shape index (κ2) is 10.4. The van der Waals surface area contributed by atoms with Crippen molar-refractivity contribution < 1.29 is 18.9 Å². The third kappa shape index (κ3) is 9.45. The van der Waals surface area contributed by atoms with E-state index in [1.54, 1.807) is 6.92 Å². The topological polar surface area (TPSA) is 96.8 Å². The molecule has 10 heteroatoms. The van der Waals surface area contributed by atoms with Gasteiger partial charge >= 0.3 is 37.7 Å². The normalized spacial score (nSPS) is 15.8. The molecule has 1 heterocycles. The maximum Gasteiger partial charge on any atom is 2.00 e. The van der Waals surface area contributed by atoms with Crippen molar-refractivity contribution in [2.75, 3.05) is 19.7 Å². The predicted octanol–water partition coefficient (Wildman–Crippen LogP) is -1.07. The molecule has 0 aromatic carbocycles. The van der Waals surface area contributed by atoms with Gasteiger partial charge < -0.3 is 24.2 Å². The zero-order valence-corrected chi connectivity index (χ0v) is 13.5. The van der Waals surface area contributed by atoms with Crippen molar-refractivity contribution in [3.8, 4) is 0 Å². The van der Waals surface area contributed by atoms with E-state index in [1.807, 2.05) is 0 Å². The smallest absolute Gasteiger partial charge is 0.790 e. The van der Waals surface area contributed by atoms with Crippen molar-refractivity contribution in [1.82, 2.24) is 5.32 Å². The third-order valence-electron chi connectivity index (χ3n) is 1.65. The largest absolute Gasteiger partial charge is 2.00 e. The SMILES string of the molecule is CC(COP(=O)([O-])[O-])C1=NCCN1.Cl.Cl.[Ca+2]. The van der Waals surface area contributed by atoms with Crippen LogP contribution in [0, 0.1) is 5.92 Å². The average Bonchev–Trinajstić information content (AvgIpc) is 2.50. The number of amidine groups is 1. The summed E-state index contributed by atoms with van der Waals surface area (Å²) in [5, 5.41) is 2.97. The first-order chi connectivity index (χ1) is 5.99. The van der Waals surface area contributed by atoms with Crippen LogP contribution in [0.4, 0.5) is 0 Å². The van der Waals surface area contributed by atoms with Gasteiger partial charge in [-0.15, -0.1) is 24.8 Å². The molecule has 16 heavy (non-hydrogen) atoms. The minimum atomic E-state index is -4.84. The molecule has 0 amide bonds. The van der Waals surface area contributed by atoms with Crippen LogP contribution in [0.15, 0.2) is 4.99 Å². The van der Waals surface area contributed by atoms with Crippen molar-refractivity contribution in [3.63, 3.8) is 0 Å². The van der Waals surface area contributed by atoms with Crippen LogP contribution >= 0.6 is 32.6 Å². The molecule has 1 atom stereocenters. The van der Waals surface area contributed by atoms with E-state index in [0.717, 1.165) is 6.54 Å². The molecule has 0 fully saturated rings. The Morgan fingerprint density at radius 1 is 1.56 bits per heavy atom. The number of phosphoric ester groups is 1. The van der Waals surface area contributed by atoms with Crippen LogP contribution in [0.25, 0.3) is 0 Å². The van der Waals surface area contributed by atoms with Crippen LogP contribution in [0.3, 0.4) is 0 Å². The molecule has 0 radical (unpaired) electrons. The Labute approximate surface area is 137 Å². The van der Waals surface area contributed by atoms with E-state index in [2.05, 4.69) is 14.8 Å². The molecule has 0 spiro atoms. The fourth-order valence-electron chi connectivity index (χ4n) is 1.03. The van der Waals surface area contributed by atoms with Crippen molar-refractivity contribution >= 4 is 76.2 Å². The molecule has 1 N–H and O–H groups in total. The summed E-state index contributed by atoms with van der Waals surface area (Å²) in [6.07, 6.45) is 0. The third-order valence-corrected chi connectivity index (χ3v) is 2.11. The monoisotopic (exact) mass is 318 g/mol. The molecule has 0 aromatic heterocycles. The summed E-state index contributed by atoms with van der Waals surface area (Å²) < 4.78 is 14.3. The first-order valence-corrected chi connectivity index (χ1v) is 5.40. The van der Waals surface area contributed by atoms with Gasteiger partial charge in [-0.05, 0) is 0 Å². The van der Waals surface area contributed by atoms with Crippen LogP contribution in [-0.2, 0) is 9.09 Å². The number of phosphoric acid groups is 1. The number of aliphatic imine (C=N–C) groups is 1. The molecule has 1 aliphatic rings. The number of halogens is 2. The fraction of sp³-hybridized carbons (Fsp3) is 0.833. The van der Waals surface area contributed by atoms with E-state index in [1.165, 1.54) is 0 Å². The van der Waals surface area contributed by atoms with Gasteiger partial charge in [-0.3, -0.25) is 4.99 Å². The van der Waals surface area contributed by atoms with E-state index < -0.39 is 7.82 Å². The van der Waals surface area contributed by atoms with Gasteiger partial charge in [0.15, 0.2) is 0 Å². The summed E-state index contributed by atoms with van der Waals surface area (Å²) in [5.41, 5.74) is 0. The first-order valence-electron chi connectivity index (χ1n) is 3.94. The molecule has 1 unspecified atom stereocenters. The summed E-state index contributed by atoms with van der Waals surface area (Å²) in [6.45, 7) is 3.04. The molecule has 0 saturated heterocycles. The number of nitrogens with one attached hydrogen (secondary N) is 1. The molecular formula is C6H13CaCl2N2O4P. The average molecular weight is 319 g/mol. The summed E-state index contributed by atoms with van der Waals surface area (Å²) in [5.74, 6) is 0.521. The second-order valence-electron chi connectivity index (χ2n) is 2.84. The minimum absolute atomic E-state index is 0. The van der Waals surface area contributed by atoms with Crippen LogP contribution in [0.1, 0.15) is 6.92 Å². The molecule has 0 bridgehead atoms. The van der Waals surface area contributed by atoms with Crippen molar-refractivity contribution in [2.45, 2.75) is 6.92 Å². The Kier molecular flexibility index (Phi) is 14.6.